The average Bonchev–Trinajstić information content (AvgIpc) is 3.39. The Morgan fingerprint density at radius 1 is 0.857 bits per heavy atom. The van der Waals surface area contributed by atoms with E-state index in [1.807, 2.05) is 84.9 Å². The predicted octanol–water partition coefficient (Wildman–Crippen LogP) is 6.08. The van der Waals surface area contributed by atoms with Crippen molar-refractivity contribution in [3.63, 3.8) is 0 Å². The number of benzene rings is 3. The molecule has 3 aromatic rings. The normalized spacial score (nSPS) is 14.4. The first-order valence-electron chi connectivity index (χ1n) is 12.5. The molecular weight excluding hydrogens is 500 g/mol. The zero-order valence-corrected chi connectivity index (χ0v) is 21.6. The Hall–Kier alpha value is -2.92. The fraction of sp³-hybridized carbons (Fsp3) is 0.333. The van der Waals surface area contributed by atoms with Crippen molar-refractivity contribution in [2.24, 2.45) is 0 Å². The van der Waals surface area contributed by atoms with Gasteiger partial charge >= 0.3 is 0 Å². The Balaban J connectivity index is 1.61. The lowest BCUT2D eigenvalue weighted by Crippen LogP contribution is -2.52. The van der Waals surface area contributed by atoms with Crippen LogP contribution in [0.1, 0.15) is 48.8 Å². The number of halogens is 1. The SMILES string of the molecule is O=C(NC1CCCC1)[C@@H](Cc1ccccc1)N(Cc1cccc(Br)c1)C(=O)CCc1ccccc1. The molecule has 4 rings (SSSR count). The van der Waals surface area contributed by atoms with Gasteiger partial charge in [-0.15, -0.1) is 0 Å². The Kier molecular flexibility index (Phi) is 9.13. The van der Waals surface area contributed by atoms with Crippen molar-refractivity contribution in [2.45, 2.75) is 63.6 Å². The second-order valence-corrected chi connectivity index (χ2v) is 10.2. The van der Waals surface area contributed by atoms with E-state index in [0.717, 1.165) is 46.8 Å². The number of aryl methyl sites for hydroxylation is 1. The minimum Gasteiger partial charge on any atom is -0.352 e. The Bertz CT molecular complexity index is 1100. The Labute approximate surface area is 216 Å². The van der Waals surface area contributed by atoms with Crippen molar-refractivity contribution in [2.75, 3.05) is 0 Å². The highest BCUT2D eigenvalue weighted by molar-refractivity contribution is 9.10. The Morgan fingerprint density at radius 2 is 1.49 bits per heavy atom. The van der Waals surface area contributed by atoms with E-state index >= 15 is 0 Å². The lowest BCUT2D eigenvalue weighted by atomic mass is 10.0. The van der Waals surface area contributed by atoms with Crippen LogP contribution in [-0.4, -0.2) is 28.8 Å². The van der Waals surface area contributed by atoms with E-state index in [-0.39, 0.29) is 17.9 Å². The van der Waals surface area contributed by atoms with E-state index in [1.165, 1.54) is 0 Å². The van der Waals surface area contributed by atoms with Crippen LogP contribution < -0.4 is 5.32 Å². The van der Waals surface area contributed by atoms with Gasteiger partial charge in [-0.1, -0.05) is 102 Å². The maximum atomic E-state index is 13.7. The summed E-state index contributed by atoms with van der Waals surface area (Å²) in [6, 6.07) is 27.7. The third-order valence-electron chi connectivity index (χ3n) is 6.68. The lowest BCUT2D eigenvalue weighted by molar-refractivity contribution is -0.141. The third kappa shape index (κ3) is 7.53. The number of hydrogen-bond donors (Lipinski definition) is 1. The van der Waals surface area contributed by atoms with E-state index in [0.29, 0.717) is 25.8 Å². The van der Waals surface area contributed by atoms with Gasteiger partial charge < -0.3 is 10.2 Å². The van der Waals surface area contributed by atoms with Gasteiger partial charge in [0.15, 0.2) is 0 Å². The van der Waals surface area contributed by atoms with Gasteiger partial charge in [-0.25, -0.2) is 0 Å². The zero-order chi connectivity index (χ0) is 24.5. The summed E-state index contributed by atoms with van der Waals surface area (Å²) in [5.41, 5.74) is 3.17. The second-order valence-electron chi connectivity index (χ2n) is 9.33. The van der Waals surface area contributed by atoms with Crippen LogP contribution in [0.25, 0.3) is 0 Å². The molecule has 0 aliphatic heterocycles. The van der Waals surface area contributed by atoms with Crippen LogP contribution in [-0.2, 0) is 29.0 Å². The van der Waals surface area contributed by atoms with Gasteiger partial charge in [0.05, 0.1) is 0 Å². The summed E-state index contributed by atoms with van der Waals surface area (Å²) in [6.07, 6.45) is 5.81. The van der Waals surface area contributed by atoms with Crippen molar-refractivity contribution in [1.29, 1.82) is 0 Å². The number of nitrogens with one attached hydrogen (secondary N) is 1. The van der Waals surface area contributed by atoms with Crippen LogP contribution in [0.5, 0.6) is 0 Å². The molecule has 182 valence electrons. The number of carbonyl (C=O) groups excluding carboxylic acids is 2. The summed E-state index contributed by atoms with van der Waals surface area (Å²) in [4.78, 5) is 29.2. The number of hydrogen-bond acceptors (Lipinski definition) is 2. The topological polar surface area (TPSA) is 49.4 Å². The Morgan fingerprint density at radius 3 is 2.14 bits per heavy atom. The van der Waals surface area contributed by atoms with E-state index in [9.17, 15) is 9.59 Å². The van der Waals surface area contributed by atoms with Gasteiger partial charge in [-0.2, -0.15) is 0 Å². The molecule has 0 radical (unpaired) electrons. The van der Waals surface area contributed by atoms with E-state index in [1.54, 1.807) is 4.90 Å². The maximum absolute atomic E-state index is 13.7. The molecule has 0 aromatic heterocycles. The summed E-state index contributed by atoms with van der Waals surface area (Å²) in [5, 5.41) is 3.26. The first-order chi connectivity index (χ1) is 17.1. The van der Waals surface area contributed by atoms with Gasteiger partial charge in [0.1, 0.15) is 6.04 Å². The zero-order valence-electron chi connectivity index (χ0n) is 20.0. The standard InChI is InChI=1S/C30H33BrN2O2/c31-26-15-9-14-25(20-26)22-33(29(34)19-18-23-10-3-1-4-11-23)28(21-24-12-5-2-6-13-24)30(35)32-27-16-7-8-17-27/h1-6,9-15,20,27-28H,7-8,16-19,21-22H2,(H,32,35)/t28-/m1/s1. The van der Waals surface area contributed by atoms with E-state index in [2.05, 4.69) is 21.2 Å². The van der Waals surface area contributed by atoms with E-state index in [4.69, 9.17) is 0 Å². The molecule has 35 heavy (non-hydrogen) atoms. The molecule has 5 heteroatoms. The molecule has 2 amide bonds. The molecule has 1 fully saturated rings. The largest absolute Gasteiger partial charge is 0.352 e. The molecule has 0 saturated heterocycles. The number of nitrogens with zero attached hydrogens (tertiary/aromatic N) is 1. The van der Waals surface area contributed by atoms with Crippen LogP contribution in [0.15, 0.2) is 89.4 Å². The van der Waals surface area contributed by atoms with Crippen molar-refractivity contribution in [3.05, 3.63) is 106 Å². The third-order valence-corrected chi connectivity index (χ3v) is 7.18. The summed E-state index contributed by atoms with van der Waals surface area (Å²) < 4.78 is 0.960. The van der Waals surface area contributed by atoms with Crippen molar-refractivity contribution < 1.29 is 9.59 Å². The highest BCUT2D eigenvalue weighted by Gasteiger charge is 2.32. The second kappa shape index (κ2) is 12.7. The molecule has 0 bridgehead atoms. The summed E-state index contributed by atoms with van der Waals surface area (Å²) >= 11 is 3.55. The first-order valence-corrected chi connectivity index (χ1v) is 13.3. The van der Waals surface area contributed by atoms with Crippen LogP contribution in [0.4, 0.5) is 0 Å². The lowest BCUT2D eigenvalue weighted by Gasteiger charge is -2.32. The number of amides is 2. The van der Waals surface area contributed by atoms with Crippen molar-refractivity contribution in [1.82, 2.24) is 10.2 Å². The fourth-order valence-corrected chi connectivity index (χ4v) is 5.24. The number of carbonyl (C=O) groups is 2. The van der Waals surface area contributed by atoms with Crippen LogP contribution in [0.2, 0.25) is 0 Å². The highest BCUT2D eigenvalue weighted by Crippen LogP contribution is 2.21. The molecule has 1 N–H and O–H groups in total. The number of rotatable bonds is 10. The molecule has 1 saturated carbocycles. The molecule has 1 aliphatic carbocycles. The van der Waals surface area contributed by atoms with Gasteiger partial charge in [0, 0.05) is 29.9 Å². The summed E-state index contributed by atoms with van der Waals surface area (Å²) in [7, 11) is 0. The summed E-state index contributed by atoms with van der Waals surface area (Å²) in [6.45, 7) is 0.392. The molecule has 0 heterocycles. The van der Waals surface area contributed by atoms with Crippen LogP contribution in [0.3, 0.4) is 0 Å². The molecular formula is C30H33BrN2O2. The van der Waals surface area contributed by atoms with Crippen molar-refractivity contribution >= 4 is 27.7 Å². The van der Waals surface area contributed by atoms with Gasteiger partial charge in [-0.3, -0.25) is 9.59 Å². The van der Waals surface area contributed by atoms with Crippen LogP contribution >= 0.6 is 15.9 Å². The van der Waals surface area contributed by atoms with Crippen molar-refractivity contribution in [3.8, 4) is 0 Å². The van der Waals surface area contributed by atoms with Gasteiger partial charge in [0.25, 0.3) is 0 Å². The molecule has 1 aliphatic rings. The van der Waals surface area contributed by atoms with E-state index < -0.39 is 6.04 Å². The fourth-order valence-electron chi connectivity index (χ4n) is 4.79. The minimum absolute atomic E-state index is 0.00340. The molecule has 4 nitrogen and oxygen atoms in total. The monoisotopic (exact) mass is 532 g/mol. The maximum Gasteiger partial charge on any atom is 0.243 e. The van der Waals surface area contributed by atoms with Crippen LogP contribution in [0, 0.1) is 0 Å². The van der Waals surface area contributed by atoms with Gasteiger partial charge in [0.2, 0.25) is 11.8 Å². The first kappa shape index (κ1) is 25.2. The molecule has 1 atom stereocenters. The smallest absolute Gasteiger partial charge is 0.243 e. The molecule has 0 spiro atoms. The highest BCUT2D eigenvalue weighted by atomic mass is 79.9. The average molecular weight is 534 g/mol. The molecule has 3 aromatic carbocycles. The minimum atomic E-state index is -0.569. The quantitative estimate of drug-likeness (QED) is 0.344. The van der Waals surface area contributed by atoms with Gasteiger partial charge in [-0.05, 0) is 48.1 Å². The predicted molar refractivity (Wildman–Crippen MR) is 144 cm³/mol. The summed E-state index contributed by atoms with van der Waals surface area (Å²) in [5.74, 6) is -0.0554. The molecule has 0 unspecified atom stereocenters.